The van der Waals surface area contributed by atoms with Gasteiger partial charge in [0.15, 0.2) is 11.6 Å². The van der Waals surface area contributed by atoms with Gasteiger partial charge in [0.05, 0.1) is 11.2 Å². The third kappa shape index (κ3) is 4.13. The van der Waals surface area contributed by atoms with Crippen LogP contribution in [-0.2, 0) is 0 Å². The van der Waals surface area contributed by atoms with E-state index < -0.39 is 5.56 Å². The largest absolute Gasteiger partial charge is 0.439 e. The van der Waals surface area contributed by atoms with Gasteiger partial charge < -0.3 is 4.74 Å². The van der Waals surface area contributed by atoms with E-state index in [1.165, 1.54) is 12.3 Å². The summed E-state index contributed by atoms with van der Waals surface area (Å²) in [5.41, 5.74) is 1.28. The van der Waals surface area contributed by atoms with E-state index in [9.17, 15) is 4.79 Å². The van der Waals surface area contributed by atoms with E-state index in [0.717, 1.165) is 15.8 Å². The maximum atomic E-state index is 12.5. The minimum Gasteiger partial charge on any atom is -0.439 e. The molecule has 2 heterocycles. The van der Waals surface area contributed by atoms with Crippen LogP contribution in [0, 0.1) is 6.92 Å². The Balaban J connectivity index is 1.85. The molecule has 0 radical (unpaired) electrons. The number of rotatable bonds is 4. The number of aromatic nitrogens is 4. The fourth-order valence-electron chi connectivity index (χ4n) is 2.59. The standard InChI is InChI=1S/C21H14Cl2N4O2/c1-13-7-9-15(10-8-13)29-18-11-17(27-21(28)19(23)16(22)12-24-27)25-20(26-18)14-5-3-2-4-6-14/h2-12H,1H3. The molecule has 4 rings (SSSR count). The van der Waals surface area contributed by atoms with Crippen molar-refractivity contribution >= 4 is 23.2 Å². The quantitative estimate of drug-likeness (QED) is 0.455. The maximum absolute atomic E-state index is 12.5. The predicted octanol–water partition coefficient (Wildman–Crippen LogP) is 5.10. The molecule has 0 unspecified atom stereocenters. The summed E-state index contributed by atoms with van der Waals surface area (Å²) in [4.78, 5) is 21.5. The number of benzene rings is 2. The lowest BCUT2D eigenvalue weighted by molar-refractivity contribution is 0.461. The molecule has 144 valence electrons. The fraction of sp³-hybridized carbons (Fsp3) is 0.0476. The lowest BCUT2D eigenvalue weighted by Gasteiger charge is -2.11. The van der Waals surface area contributed by atoms with Crippen molar-refractivity contribution in [2.75, 3.05) is 0 Å². The zero-order valence-corrected chi connectivity index (χ0v) is 16.7. The molecule has 2 aromatic heterocycles. The van der Waals surface area contributed by atoms with Gasteiger partial charge in [-0.25, -0.2) is 4.98 Å². The maximum Gasteiger partial charge on any atom is 0.293 e. The molecule has 0 aliphatic carbocycles. The summed E-state index contributed by atoms with van der Waals surface area (Å²) in [5, 5.41) is 3.98. The minimum absolute atomic E-state index is 0.0707. The first kappa shape index (κ1) is 19.1. The van der Waals surface area contributed by atoms with E-state index in [-0.39, 0.29) is 21.7 Å². The molecule has 2 aromatic carbocycles. The Hall–Kier alpha value is -3.22. The van der Waals surface area contributed by atoms with Crippen LogP contribution in [0.4, 0.5) is 0 Å². The van der Waals surface area contributed by atoms with Gasteiger partial charge in [-0.15, -0.1) is 0 Å². The Bertz CT molecular complexity index is 1230. The fourth-order valence-corrected chi connectivity index (χ4v) is 2.85. The van der Waals surface area contributed by atoms with Crippen LogP contribution in [0.2, 0.25) is 10.0 Å². The summed E-state index contributed by atoms with van der Waals surface area (Å²) in [6.07, 6.45) is 1.29. The first-order valence-corrected chi connectivity index (χ1v) is 9.39. The third-order valence-electron chi connectivity index (χ3n) is 4.06. The van der Waals surface area contributed by atoms with Gasteiger partial charge in [-0.2, -0.15) is 14.8 Å². The molecule has 0 spiro atoms. The van der Waals surface area contributed by atoms with Crippen LogP contribution < -0.4 is 10.3 Å². The lowest BCUT2D eigenvalue weighted by atomic mass is 10.2. The molecule has 4 aromatic rings. The van der Waals surface area contributed by atoms with Gasteiger partial charge in [0.1, 0.15) is 10.8 Å². The second kappa shape index (κ2) is 8.03. The molecule has 0 amide bonds. The third-order valence-corrected chi connectivity index (χ3v) is 4.81. The van der Waals surface area contributed by atoms with Gasteiger partial charge >= 0.3 is 0 Å². The minimum atomic E-state index is -0.585. The Morgan fingerprint density at radius 1 is 0.966 bits per heavy atom. The first-order chi connectivity index (χ1) is 14.0. The highest BCUT2D eigenvalue weighted by molar-refractivity contribution is 6.41. The second-order valence-corrected chi connectivity index (χ2v) is 6.98. The first-order valence-electron chi connectivity index (χ1n) is 8.64. The van der Waals surface area contributed by atoms with Crippen molar-refractivity contribution in [3.63, 3.8) is 0 Å². The average Bonchev–Trinajstić information content (AvgIpc) is 2.74. The van der Waals surface area contributed by atoms with E-state index in [1.807, 2.05) is 61.5 Å². The normalized spacial score (nSPS) is 10.7. The van der Waals surface area contributed by atoms with Crippen molar-refractivity contribution in [3.8, 4) is 28.8 Å². The highest BCUT2D eigenvalue weighted by atomic mass is 35.5. The molecule has 6 nitrogen and oxygen atoms in total. The molecule has 0 atom stereocenters. The number of hydrogen-bond acceptors (Lipinski definition) is 5. The van der Waals surface area contributed by atoms with Crippen molar-refractivity contribution in [3.05, 3.63) is 92.8 Å². The average molecular weight is 425 g/mol. The van der Waals surface area contributed by atoms with Crippen LogP contribution in [0.1, 0.15) is 5.56 Å². The molecule has 0 aliphatic rings. The lowest BCUT2D eigenvalue weighted by Crippen LogP contribution is -2.22. The highest BCUT2D eigenvalue weighted by Gasteiger charge is 2.15. The number of hydrogen-bond donors (Lipinski definition) is 0. The molecule has 0 bridgehead atoms. The van der Waals surface area contributed by atoms with E-state index in [4.69, 9.17) is 27.9 Å². The van der Waals surface area contributed by atoms with Crippen molar-refractivity contribution in [1.82, 2.24) is 19.7 Å². The Morgan fingerprint density at radius 2 is 1.69 bits per heavy atom. The van der Waals surface area contributed by atoms with Crippen LogP contribution in [0.3, 0.4) is 0 Å². The predicted molar refractivity (Wildman–Crippen MR) is 112 cm³/mol. The molecule has 8 heteroatoms. The molecule has 0 saturated heterocycles. The summed E-state index contributed by atoms with van der Waals surface area (Å²) in [6, 6.07) is 18.4. The van der Waals surface area contributed by atoms with E-state index in [0.29, 0.717) is 11.6 Å². The van der Waals surface area contributed by atoms with Crippen LogP contribution >= 0.6 is 23.2 Å². The van der Waals surface area contributed by atoms with Gasteiger partial charge in [-0.3, -0.25) is 4.79 Å². The van der Waals surface area contributed by atoms with Crippen molar-refractivity contribution in [1.29, 1.82) is 0 Å². The van der Waals surface area contributed by atoms with Gasteiger partial charge in [0.25, 0.3) is 5.56 Å². The molecular formula is C21H14Cl2N4O2. The summed E-state index contributed by atoms with van der Waals surface area (Å²) >= 11 is 11.9. The van der Waals surface area contributed by atoms with E-state index in [1.54, 1.807) is 0 Å². The zero-order valence-electron chi connectivity index (χ0n) is 15.2. The number of halogens is 2. The van der Waals surface area contributed by atoms with Crippen molar-refractivity contribution in [2.45, 2.75) is 6.92 Å². The van der Waals surface area contributed by atoms with Crippen LogP contribution in [-0.4, -0.2) is 19.7 Å². The molecule has 0 fully saturated rings. The molecule has 29 heavy (non-hydrogen) atoms. The van der Waals surface area contributed by atoms with Gasteiger partial charge in [0, 0.05) is 11.6 Å². The Labute approximate surface area is 176 Å². The van der Waals surface area contributed by atoms with Crippen LogP contribution in [0.15, 0.2) is 71.7 Å². The Morgan fingerprint density at radius 3 is 2.41 bits per heavy atom. The van der Waals surface area contributed by atoms with Gasteiger partial charge in [-0.05, 0) is 19.1 Å². The Kier molecular flexibility index (Phi) is 5.29. The smallest absolute Gasteiger partial charge is 0.293 e. The summed E-state index contributed by atoms with van der Waals surface area (Å²) in [7, 11) is 0. The van der Waals surface area contributed by atoms with Crippen molar-refractivity contribution in [2.24, 2.45) is 0 Å². The SMILES string of the molecule is Cc1ccc(Oc2cc(-n3ncc(Cl)c(Cl)c3=O)nc(-c3ccccc3)n2)cc1. The summed E-state index contributed by atoms with van der Waals surface area (Å²) in [5.74, 6) is 1.46. The molecule has 0 N–H and O–H groups in total. The number of nitrogens with zero attached hydrogens (tertiary/aromatic N) is 4. The molecule has 0 aliphatic heterocycles. The van der Waals surface area contributed by atoms with Gasteiger partial charge in [-0.1, -0.05) is 71.2 Å². The molecular weight excluding hydrogens is 411 g/mol. The molecule has 0 saturated carbocycles. The summed E-state index contributed by atoms with van der Waals surface area (Å²) < 4.78 is 6.96. The number of ether oxygens (including phenoxy) is 1. The topological polar surface area (TPSA) is 69.9 Å². The second-order valence-electron chi connectivity index (χ2n) is 6.19. The summed E-state index contributed by atoms with van der Waals surface area (Å²) in [6.45, 7) is 1.99. The van der Waals surface area contributed by atoms with E-state index in [2.05, 4.69) is 15.1 Å². The monoisotopic (exact) mass is 424 g/mol. The van der Waals surface area contributed by atoms with Gasteiger partial charge in [0.2, 0.25) is 5.88 Å². The van der Waals surface area contributed by atoms with Crippen LogP contribution in [0.5, 0.6) is 11.6 Å². The number of aryl methyl sites for hydroxylation is 1. The van der Waals surface area contributed by atoms with E-state index >= 15 is 0 Å². The zero-order chi connectivity index (χ0) is 20.4. The highest BCUT2D eigenvalue weighted by Crippen LogP contribution is 2.25. The van der Waals surface area contributed by atoms with Crippen LogP contribution in [0.25, 0.3) is 17.2 Å². The van der Waals surface area contributed by atoms with Crippen molar-refractivity contribution < 1.29 is 4.74 Å².